The maximum Gasteiger partial charge on any atom is 0.302 e. The number of aryl methyl sites for hydroxylation is 2. The standard InChI is InChI=1S/C33H37N7O4/c1-20(41)44-19-25-24(8-6-10-29(25)40-12-11-39-28-9-5-4-7-21(28)14-30(39)33(40)43)22-13-27(32(42)38(3)18-22)34-31-15-26(35-36-31)23-16-37(2)17-23/h6,8,10,13-15,18,23H,4-5,7,9,11-12,16-17,19H2,1-3H3,(H2,34,35,36). The fourth-order valence-electron chi connectivity index (χ4n) is 6.88. The van der Waals surface area contributed by atoms with Crippen molar-refractivity contribution in [3.05, 3.63) is 81.2 Å². The molecule has 0 spiro atoms. The number of aromatic nitrogens is 4. The summed E-state index contributed by atoms with van der Waals surface area (Å²) < 4.78 is 9.26. The van der Waals surface area contributed by atoms with E-state index in [1.165, 1.54) is 22.7 Å². The molecule has 0 atom stereocenters. The zero-order valence-corrected chi connectivity index (χ0v) is 25.4. The van der Waals surface area contributed by atoms with Crippen LogP contribution >= 0.6 is 0 Å². The number of likely N-dealkylation sites (N-methyl/N-ethyl adjacent to an activating group) is 1. The van der Waals surface area contributed by atoms with Crippen molar-refractivity contribution in [1.29, 1.82) is 0 Å². The molecule has 1 amide bonds. The molecule has 1 fully saturated rings. The van der Waals surface area contributed by atoms with E-state index in [2.05, 4.69) is 38.1 Å². The average molecular weight is 596 g/mol. The van der Waals surface area contributed by atoms with E-state index < -0.39 is 5.97 Å². The summed E-state index contributed by atoms with van der Waals surface area (Å²) in [6.07, 6.45) is 6.09. The Morgan fingerprint density at radius 2 is 1.91 bits per heavy atom. The van der Waals surface area contributed by atoms with Crippen molar-refractivity contribution in [2.45, 2.75) is 51.7 Å². The summed E-state index contributed by atoms with van der Waals surface area (Å²) in [7, 11) is 3.79. The smallest absolute Gasteiger partial charge is 0.302 e. The molecular weight excluding hydrogens is 558 g/mol. The molecule has 11 nitrogen and oxygen atoms in total. The number of anilines is 3. The number of carbonyl (C=O) groups is 2. The summed E-state index contributed by atoms with van der Waals surface area (Å²) in [5.41, 5.74) is 7.43. The molecular formula is C33H37N7O4. The van der Waals surface area contributed by atoms with Crippen molar-refractivity contribution < 1.29 is 14.3 Å². The van der Waals surface area contributed by atoms with Gasteiger partial charge in [-0.2, -0.15) is 5.10 Å². The fourth-order valence-corrected chi connectivity index (χ4v) is 6.88. The highest BCUT2D eigenvalue weighted by atomic mass is 16.5. The van der Waals surface area contributed by atoms with Crippen LogP contribution in [0, 0.1) is 0 Å². The van der Waals surface area contributed by atoms with Gasteiger partial charge in [-0.15, -0.1) is 0 Å². The lowest BCUT2D eigenvalue weighted by atomic mass is 9.97. The number of hydrogen-bond donors (Lipinski definition) is 2. The highest BCUT2D eigenvalue weighted by molar-refractivity contribution is 6.07. The Balaban J connectivity index is 1.25. The van der Waals surface area contributed by atoms with Crippen LogP contribution in [-0.4, -0.2) is 62.8 Å². The lowest BCUT2D eigenvalue weighted by molar-refractivity contribution is -0.142. The first kappa shape index (κ1) is 28.1. The van der Waals surface area contributed by atoms with Gasteiger partial charge in [-0.3, -0.25) is 19.5 Å². The van der Waals surface area contributed by atoms with Gasteiger partial charge in [0.15, 0.2) is 5.82 Å². The minimum absolute atomic E-state index is 0.00764. The van der Waals surface area contributed by atoms with Gasteiger partial charge < -0.3 is 29.0 Å². The van der Waals surface area contributed by atoms with E-state index in [-0.39, 0.29) is 18.1 Å². The molecule has 2 aliphatic heterocycles. The molecule has 0 unspecified atom stereocenters. The number of esters is 1. The summed E-state index contributed by atoms with van der Waals surface area (Å²) in [5, 5.41) is 10.7. The number of ether oxygens (including phenoxy) is 1. The lowest BCUT2D eigenvalue weighted by Crippen LogP contribution is -2.41. The van der Waals surface area contributed by atoms with Crippen LogP contribution in [0.4, 0.5) is 17.2 Å². The first-order valence-corrected chi connectivity index (χ1v) is 15.3. The quantitative estimate of drug-likeness (QED) is 0.311. The summed E-state index contributed by atoms with van der Waals surface area (Å²) in [6, 6.07) is 11.5. The molecule has 4 aromatic rings. The molecule has 3 aliphatic rings. The second kappa shape index (κ2) is 11.1. The maximum atomic E-state index is 14.0. The minimum Gasteiger partial charge on any atom is -0.461 e. The van der Waals surface area contributed by atoms with Gasteiger partial charge in [0.2, 0.25) is 0 Å². The molecule has 1 saturated heterocycles. The Morgan fingerprint density at radius 3 is 2.70 bits per heavy atom. The van der Waals surface area contributed by atoms with Crippen molar-refractivity contribution in [2.24, 2.45) is 7.05 Å². The second-order valence-electron chi connectivity index (χ2n) is 12.2. The molecule has 1 aromatic carbocycles. The van der Waals surface area contributed by atoms with E-state index in [0.717, 1.165) is 55.6 Å². The average Bonchev–Trinajstić information content (AvgIpc) is 3.62. The number of nitrogens with one attached hydrogen (secondary N) is 2. The van der Waals surface area contributed by atoms with Crippen LogP contribution in [0.1, 0.15) is 58.7 Å². The Kier molecular flexibility index (Phi) is 7.12. The van der Waals surface area contributed by atoms with E-state index in [1.54, 1.807) is 24.2 Å². The van der Waals surface area contributed by atoms with Crippen LogP contribution in [0.3, 0.4) is 0 Å². The zero-order chi connectivity index (χ0) is 30.5. The molecule has 3 aromatic heterocycles. The summed E-state index contributed by atoms with van der Waals surface area (Å²) in [5.74, 6) is 0.505. The number of hydrogen-bond acceptors (Lipinski definition) is 7. The predicted molar refractivity (Wildman–Crippen MR) is 167 cm³/mol. The van der Waals surface area contributed by atoms with Crippen LogP contribution in [0.15, 0.2) is 47.4 Å². The topological polar surface area (TPSA) is 117 Å². The van der Waals surface area contributed by atoms with Gasteiger partial charge in [0.05, 0.1) is 5.69 Å². The molecule has 1 aliphatic carbocycles. The molecule has 44 heavy (non-hydrogen) atoms. The number of likely N-dealkylation sites (tertiary alicyclic amines) is 1. The number of aromatic amines is 1. The van der Waals surface area contributed by atoms with E-state index in [1.807, 2.05) is 24.3 Å². The SMILES string of the molecule is CC(=O)OCc1c(-c2cc(Nc3cc(C4CN(C)C4)[nH]n3)c(=O)n(C)c2)cccc1N1CCn2c(cc3c2CCCC3)C1=O. The largest absolute Gasteiger partial charge is 0.461 e. The molecule has 228 valence electrons. The second-order valence-corrected chi connectivity index (χ2v) is 12.2. The van der Waals surface area contributed by atoms with E-state index >= 15 is 0 Å². The van der Waals surface area contributed by atoms with Gasteiger partial charge in [0, 0.05) is 80.8 Å². The lowest BCUT2D eigenvalue weighted by Gasteiger charge is -2.35. The van der Waals surface area contributed by atoms with Gasteiger partial charge in [-0.1, -0.05) is 12.1 Å². The third-order valence-corrected chi connectivity index (χ3v) is 9.14. The minimum atomic E-state index is -0.410. The Bertz CT molecular complexity index is 1830. The summed E-state index contributed by atoms with van der Waals surface area (Å²) in [6.45, 7) is 4.53. The molecule has 0 radical (unpaired) electrons. The number of amides is 1. The molecule has 0 bridgehead atoms. The number of nitrogens with zero attached hydrogens (tertiary/aromatic N) is 5. The highest BCUT2D eigenvalue weighted by Gasteiger charge is 2.32. The number of benzene rings is 1. The van der Waals surface area contributed by atoms with Crippen LogP contribution in [0.5, 0.6) is 0 Å². The summed E-state index contributed by atoms with van der Waals surface area (Å²) in [4.78, 5) is 43.2. The number of fused-ring (bicyclic) bond motifs is 3. The van der Waals surface area contributed by atoms with Crippen LogP contribution in [0.25, 0.3) is 11.1 Å². The summed E-state index contributed by atoms with van der Waals surface area (Å²) >= 11 is 0. The molecule has 5 heterocycles. The number of rotatable bonds is 7. The van der Waals surface area contributed by atoms with Crippen molar-refractivity contribution in [3.63, 3.8) is 0 Å². The first-order chi connectivity index (χ1) is 21.3. The maximum absolute atomic E-state index is 14.0. The van der Waals surface area contributed by atoms with E-state index in [9.17, 15) is 14.4 Å². The van der Waals surface area contributed by atoms with Gasteiger partial charge >= 0.3 is 5.97 Å². The van der Waals surface area contributed by atoms with Crippen LogP contribution < -0.4 is 15.8 Å². The van der Waals surface area contributed by atoms with E-state index in [0.29, 0.717) is 47.5 Å². The van der Waals surface area contributed by atoms with Crippen molar-refractivity contribution in [2.75, 3.05) is 36.9 Å². The first-order valence-electron chi connectivity index (χ1n) is 15.3. The number of carbonyl (C=O) groups excluding carboxylic acids is 2. The van der Waals surface area contributed by atoms with Crippen molar-refractivity contribution in [1.82, 2.24) is 24.2 Å². The van der Waals surface area contributed by atoms with Crippen molar-refractivity contribution >= 4 is 29.1 Å². The van der Waals surface area contributed by atoms with Crippen LogP contribution in [-0.2, 0) is 42.6 Å². The monoisotopic (exact) mass is 595 g/mol. The normalized spacial score (nSPS) is 16.8. The van der Waals surface area contributed by atoms with Gasteiger partial charge in [0.1, 0.15) is 18.0 Å². The number of H-pyrrole nitrogens is 1. The highest BCUT2D eigenvalue weighted by Crippen LogP contribution is 2.36. The molecule has 2 N–H and O–H groups in total. The molecule has 7 rings (SSSR count). The van der Waals surface area contributed by atoms with Gasteiger partial charge in [-0.25, -0.2) is 0 Å². The van der Waals surface area contributed by atoms with Crippen molar-refractivity contribution in [3.8, 4) is 11.1 Å². The van der Waals surface area contributed by atoms with Gasteiger partial charge in [-0.05, 0) is 62.1 Å². The Morgan fingerprint density at radius 1 is 1.09 bits per heavy atom. The molecule has 0 saturated carbocycles. The fraction of sp³-hybridized carbons (Fsp3) is 0.394. The molecule has 11 heteroatoms. The van der Waals surface area contributed by atoms with Gasteiger partial charge in [0.25, 0.3) is 11.5 Å². The Hall–Kier alpha value is -4.64. The van der Waals surface area contributed by atoms with Crippen LogP contribution in [0.2, 0.25) is 0 Å². The number of pyridine rings is 1. The third kappa shape index (κ3) is 5.00. The predicted octanol–water partition coefficient (Wildman–Crippen LogP) is 3.95. The third-order valence-electron chi connectivity index (χ3n) is 9.14. The zero-order valence-electron chi connectivity index (χ0n) is 25.4. The Labute approximate surface area is 255 Å². The van der Waals surface area contributed by atoms with E-state index in [4.69, 9.17) is 4.74 Å².